The minimum Gasteiger partial charge on any atom is -0.480 e. The summed E-state index contributed by atoms with van der Waals surface area (Å²) < 4.78 is 58.6. The Morgan fingerprint density at radius 1 is 0.506 bits per heavy atom. The molecule has 2 aliphatic heterocycles. The highest BCUT2D eigenvalue weighted by atomic mass is 32.2. The summed E-state index contributed by atoms with van der Waals surface area (Å²) >= 11 is 0. The molecule has 1 amide bonds. The van der Waals surface area contributed by atoms with Crippen LogP contribution in [0.5, 0.6) is 0 Å². The number of anilines is 1. The molecule has 2 aliphatic rings. The number of amides is 1. The second kappa shape index (κ2) is 30.6. The summed E-state index contributed by atoms with van der Waals surface area (Å²) in [4.78, 5) is 115. The van der Waals surface area contributed by atoms with Crippen molar-refractivity contribution in [3.05, 3.63) is 24.3 Å². The smallest absolute Gasteiger partial charge is 0.411 e. The van der Waals surface area contributed by atoms with Crippen LogP contribution in [0.3, 0.4) is 0 Å². The molecule has 0 saturated carbocycles. The van der Waals surface area contributed by atoms with Gasteiger partial charge in [0.15, 0.2) is 0 Å². The molecule has 2 saturated heterocycles. The van der Waals surface area contributed by atoms with Crippen LogP contribution < -0.4 is 10.0 Å². The molecule has 27 nitrogen and oxygen atoms in total. The molecule has 0 atom stereocenters. The number of rotatable bonds is 23. The Morgan fingerprint density at radius 3 is 1.19 bits per heavy atom. The van der Waals surface area contributed by atoms with Gasteiger partial charge in [-0.05, 0) is 107 Å². The van der Waals surface area contributed by atoms with Crippen LogP contribution in [-0.4, -0.2) is 278 Å². The van der Waals surface area contributed by atoms with E-state index in [0.717, 1.165) is 0 Å². The molecular weight excluding hydrogens is 1080 g/mol. The van der Waals surface area contributed by atoms with E-state index >= 15 is 0 Å². The molecule has 1 aromatic carbocycles. The molecule has 3 rings (SSSR count). The number of aliphatic carboxylic acids is 3. The predicted molar refractivity (Wildman–Crippen MR) is 296 cm³/mol. The summed E-state index contributed by atoms with van der Waals surface area (Å²) in [5, 5.41) is 31.2. The van der Waals surface area contributed by atoms with E-state index in [1.807, 2.05) is 4.90 Å². The molecule has 2 heterocycles. The maximum atomic E-state index is 13.9. The Kier molecular flexibility index (Phi) is 26.4. The lowest BCUT2D eigenvalue weighted by atomic mass is 9.95. The number of carbonyl (C=O) groups is 8. The molecule has 460 valence electrons. The van der Waals surface area contributed by atoms with Crippen LogP contribution in [0, 0.1) is 0 Å². The number of sulfonamides is 1. The van der Waals surface area contributed by atoms with Crippen molar-refractivity contribution in [3.63, 3.8) is 0 Å². The number of carboxylic acids is 3. The first-order valence-electron chi connectivity index (χ1n) is 26.9. The standard InChI is InChI=1S/C53H89N9O18S/c1-49(2,3)77-44(69)32-60-27-28-61(33-45(70)78-50(4,5)6)37-53(36-60,62(34-46(71)79-51(7,8)9)35-47(72)80-52(10,11)12)38-76-48(73)55-39-13-15-40(16-14-39)81(74,75)54-17-18-56-19-21-57(29-41(63)64)23-25-59(31-43(67)68)26-24-58(22-20-56)30-42(65)66/h13-16,54H,17-38H2,1-12H3,(H,55,73)(H,63,64)(H,65,66)(H,67,68). The van der Waals surface area contributed by atoms with E-state index in [9.17, 15) is 62.1 Å². The third-order valence-corrected chi connectivity index (χ3v) is 13.6. The number of carboxylic acid groups (broad SMARTS) is 3. The Labute approximate surface area is 476 Å². The number of nitrogens with zero attached hydrogens (tertiary/aromatic N) is 7. The Hall–Kier alpha value is -5.59. The molecule has 5 N–H and O–H groups in total. The normalized spacial score (nSPS) is 17.6. The SMILES string of the molecule is CC(C)(C)OC(=O)CN1CCN(CC(=O)OC(C)(C)C)CC(COC(=O)Nc2ccc(S(=O)(=O)NCCN3CCN(CC(=O)O)CCN(CC(=O)O)CCN(CC(=O)O)CC3)cc2)(N(CC(=O)OC(C)(C)C)CC(=O)OC(C)(C)C)C1. The average molecular weight is 1170 g/mol. The number of benzene rings is 1. The van der Waals surface area contributed by atoms with Crippen molar-refractivity contribution in [3.8, 4) is 0 Å². The second-order valence-electron chi connectivity index (χ2n) is 24.3. The van der Waals surface area contributed by atoms with Crippen LogP contribution in [0.2, 0.25) is 0 Å². The minimum absolute atomic E-state index is 0.0933. The average Bonchev–Trinajstić information content (AvgIpc) is 3.44. The fourth-order valence-electron chi connectivity index (χ4n) is 8.88. The summed E-state index contributed by atoms with van der Waals surface area (Å²) in [5.41, 5.74) is -5.05. The maximum absolute atomic E-state index is 13.9. The largest absolute Gasteiger partial charge is 0.480 e. The van der Waals surface area contributed by atoms with E-state index in [1.165, 1.54) is 29.2 Å². The summed E-state index contributed by atoms with van der Waals surface area (Å²) in [5.74, 6) is -5.88. The molecule has 0 aliphatic carbocycles. The number of esters is 4. The summed E-state index contributed by atoms with van der Waals surface area (Å²) in [6.45, 7) is 19.4. The molecular formula is C53H89N9O18S. The number of ether oxygens (including phenoxy) is 5. The van der Waals surface area contributed by atoms with Crippen LogP contribution in [0.1, 0.15) is 83.1 Å². The fraction of sp³-hybridized carbons (Fsp3) is 0.736. The molecule has 0 bridgehead atoms. The number of carbonyl (C=O) groups excluding carboxylic acids is 5. The van der Waals surface area contributed by atoms with Crippen LogP contribution in [0.4, 0.5) is 10.5 Å². The molecule has 81 heavy (non-hydrogen) atoms. The van der Waals surface area contributed by atoms with Gasteiger partial charge in [-0.15, -0.1) is 0 Å². The van der Waals surface area contributed by atoms with E-state index in [4.69, 9.17) is 23.7 Å². The number of hydrogen-bond donors (Lipinski definition) is 5. The first-order valence-corrected chi connectivity index (χ1v) is 28.4. The second-order valence-corrected chi connectivity index (χ2v) is 26.1. The first-order chi connectivity index (χ1) is 37.3. The molecule has 28 heteroatoms. The molecule has 1 aromatic rings. The highest BCUT2D eigenvalue weighted by molar-refractivity contribution is 7.89. The van der Waals surface area contributed by atoms with Gasteiger partial charge < -0.3 is 39.0 Å². The van der Waals surface area contributed by atoms with Crippen LogP contribution >= 0.6 is 0 Å². The van der Waals surface area contributed by atoms with Crippen molar-refractivity contribution < 1.29 is 85.8 Å². The highest BCUT2D eigenvalue weighted by Gasteiger charge is 2.47. The Balaban J connectivity index is 1.92. The monoisotopic (exact) mass is 1170 g/mol. The van der Waals surface area contributed by atoms with Gasteiger partial charge in [0.1, 0.15) is 29.0 Å². The highest BCUT2D eigenvalue weighted by Crippen LogP contribution is 2.27. The van der Waals surface area contributed by atoms with Gasteiger partial charge >= 0.3 is 47.9 Å². The molecule has 0 unspecified atom stereocenters. The van der Waals surface area contributed by atoms with Gasteiger partial charge in [0.25, 0.3) is 0 Å². The lowest BCUT2D eigenvalue weighted by molar-refractivity contribution is -0.167. The third kappa shape index (κ3) is 28.8. The summed E-state index contributed by atoms with van der Waals surface area (Å²) in [6, 6.07) is 5.19. The van der Waals surface area contributed by atoms with Gasteiger partial charge in [0.2, 0.25) is 10.0 Å². The molecule has 0 radical (unpaired) electrons. The maximum Gasteiger partial charge on any atom is 0.411 e. The lowest BCUT2D eigenvalue weighted by Gasteiger charge is -2.45. The summed E-state index contributed by atoms with van der Waals surface area (Å²) in [6.07, 6.45) is -1.02. The van der Waals surface area contributed by atoms with Gasteiger partial charge in [0, 0.05) is 97.3 Å². The van der Waals surface area contributed by atoms with Gasteiger partial charge in [-0.2, -0.15) is 0 Å². The van der Waals surface area contributed by atoms with Crippen molar-refractivity contribution in [2.45, 2.75) is 116 Å². The van der Waals surface area contributed by atoms with Crippen LogP contribution in [0.25, 0.3) is 0 Å². The molecule has 2 fully saturated rings. The van der Waals surface area contributed by atoms with Gasteiger partial charge in [-0.1, -0.05) is 0 Å². The van der Waals surface area contributed by atoms with Crippen molar-refractivity contribution in [1.29, 1.82) is 0 Å². The Bertz CT molecular complexity index is 2300. The summed E-state index contributed by atoms with van der Waals surface area (Å²) in [7, 11) is -4.16. The van der Waals surface area contributed by atoms with E-state index in [0.29, 0.717) is 0 Å². The molecule has 0 aromatic heterocycles. The van der Waals surface area contributed by atoms with Gasteiger partial charge in [-0.25, -0.2) is 17.9 Å². The quantitative estimate of drug-likeness (QED) is 0.0754. The zero-order chi connectivity index (χ0) is 61.1. The molecule has 0 spiro atoms. The van der Waals surface area contributed by atoms with Crippen LogP contribution in [0.15, 0.2) is 29.2 Å². The van der Waals surface area contributed by atoms with Gasteiger partial charge in [-0.3, -0.25) is 73.2 Å². The Morgan fingerprint density at radius 2 is 0.840 bits per heavy atom. The minimum atomic E-state index is -4.16. The number of nitrogens with one attached hydrogen (secondary N) is 2. The van der Waals surface area contributed by atoms with E-state index in [1.54, 1.807) is 108 Å². The topological polar surface area (TPSA) is 324 Å². The van der Waals surface area contributed by atoms with Crippen molar-refractivity contribution in [2.75, 3.05) is 149 Å². The number of hydrogen-bond acceptors (Lipinski definition) is 22. The van der Waals surface area contributed by atoms with E-state index < -0.39 is 106 Å². The third-order valence-electron chi connectivity index (χ3n) is 12.1. The zero-order valence-electron chi connectivity index (χ0n) is 49.4. The van der Waals surface area contributed by atoms with E-state index in [-0.39, 0.29) is 135 Å². The van der Waals surface area contributed by atoms with Crippen molar-refractivity contribution in [2.24, 2.45) is 0 Å². The lowest BCUT2D eigenvalue weighted by Crippen LogP contribution is -2.65. The first kappa shape index (κ1) is 69.7. The van der Waals surface area contributed by atoms with E-state index in [2.05, 4.69) is 10.0 Å². The zero-order valence-corrected chi connectivity index (χ0v) is 50.2. The predicted octanol–water partition coefficient (Wildman–Crippen LogP) is 1.01. The van der Waals surface area contributed by atoms with Crippen molar-refractivity contribution >= 4 is 63.6 Å². The fourth-order valence-corrected chi connectivity index (χ4v) is 9.90. The van der Waals surface area contributed by atoms with Crippen LogP contribution in [-0.2, 0) is 67.3 Å². The van der Waals surface area contributed by atoms with Gasteiger partial charge in [0.05, 0.1) is 56.2 Å². The van der Waals surface area contributed by atoms with Crippen molar-refractivity contribution in [1.82, 2.24) is 39.0 Å².